The molecule has 0 bridgehead atoms. The Morgan fingerprint density at radius 1 is 0.905 bits per heavy atom. The number of hydrogen-bond acceptors (Lipinski definition) is 1. The van der Waals surface area contributed by atoms with Crippen molar-refractivity contribution in [3.8, 4) is 0 Å². The zero-order chi connectivity index (χ0) is 14.5. The minimum absolute atomic E-state index is 0.318. The number of nitrogens with one attached hydrogen (secondary N) is 1. The van der Waals surface area contributed by atoms with E-state index in [0.29, 0.717) is 6.04 Å². The van der Waals surface area contributed by atoms with E-state index in [4.69, 9.17) is 0 Å². The summed E-state index contributed by atoms with van der Waals surface area (Å²) in [7, 11) is 0. The van der Waals surface area contributed by atoms with Crippen LogP contribution in [0.25, 0.3) is 0 Å². The lowest BCUT2D eigenvalue weighted by Gasteiger charge is -2.23. The molecule has 0 fully saturated rings. The minimum atomic E-state index is 0.318. The molecule has 0 saturated carbocycles. The third kappa shape index (κ3) is 3.36. The van der Waals surface area contributed by atoms with Crippen molar-refractivity contribution in [1.82, 2.24) is 5.32 Å². The third-order valence-electron chi connectivity index (χ3n) is 4.44. The average Bonchev–Trinajstić information content (AvgIpc) is 2.56. The highest BCUT2D eigenvalue weighted by molar-refractivity contribution is 5.39. The molecular formula is C20H25N. The molecule has 0 saturated heterocycles. The van der Waals surface area contributed by atoms with E-state index >= 15 is 0 Å². The van der Waals surface area contributed by atoms with Gasteiger partial charge in [0.25, 0.3) is 0 Å². The van der Waals surface area contributed by atoms with Crippen LogP contribution in [0, 0.1) is 0 Å². The van der Waals surface area contributed by atoms with Gasteiger partial charge in [-0.3, -0.25) is 0 Å². The van der Waals surface area contributed by atoms with Crippen molar-refractivity contribution in [2.24, 2.45) is 0 Å². The molecule has 2 aromatic rings. The van der Waals surface area contributed by atoms with Gasteiger partial charge in [-0.15, -0.1) is 0 Å². The Morgan fingerprint density at radius 2 is 1.67 bits per heavy atom. The van der Waals surface area contributed by atoms with Crippen LogP contribution in [0.4, 0.5) is 0 Å². The van der Waals surface area contributed by atoms with Crippen LogP contribution >= 0.6 is 0 Å². The highest BCUT2D eigenvalue weighted by Gasteiger charge is 2.16. The van der Waals surface area contributed by atoms with Crippen LogP contribution in [0.1, 0.15) is 54.5 Å². The lowest BCUT2D eigenvalue weighted by Crippen LogP contribution is -2.23. The number of fused-ring (bicyclic) bond motifs is 1. The van der Waals surface area contributed by atoms with Crippen LogP contribution in [-0.2, 0) is 12.8 Å². The van der Waals surface area contributed by atoms with Gasteiger partial charge < -0.3 is 5.32 Å². The van der Waals surface area contributed by atoms with Crippen LogP contribution in [-0.4, -0.2) is 6.54 Å². The summed E-state index contributed by atoms with van der Waals surface area (Å²) in [6.07, 6.45) is 6.36. The number of aryl methyl sites for hydroxylation is 2. The summed E-state index contributed by atoms with van der Waals surface area (Å²) in [6.45, 7) is 3.28. The Morgan fingerprint density at radius 3 is 2.43 bits per heavy atom. The molecule has 1 unspecified atom stereocenters. The molecule has 0 amide bonds. The van der Waals surface area contributed by atoms with E-state index in [1.807, 2.05) is 0 Å². The number of hydrogen-bond donors (Lipinski definition) is 1. The van der Waals surface area contributed by atoms with E-state index < -0.39 is 0 Å². The van der Waals surface area contributed by atoms with Crippen molar-refractivity contribution in [2.45, 2.75) is 45.1 Å². The van der Waals surface area contributed by atoms with Crippen LogP contribution in [0.2, 0.25) is 0 Å². The summed E-state index contributed by atoms with van der Waals surface area (Å²) in [5, 5.41) is 3.71. The lowest BCUT2D eigenvalue weighted by molar-refractivity contribution is 0.596. The highest BCUT2D eigenvalue weighted by Crippen LogP contribution is 2.28. The third-order valence-corrected chi connectivity index (χ3v) is 4.44. The Hall–Kier alpha value is -1.60. The summed E-state index contributed by atoms with van der Waals surface area (Å²) in [5.74, 6) is 0. The number of rotatable bonds is 5. The van der Waals surface area contributed by atoms with E-state index in [9.17, 15) is 0 Å². The summed E-state index contributed by atoms with van der Waals surface area (Å²) in [5.41, 5.74) is 5.90. The first-order chi connectivity index (χ1) is 10.4. The summed E-state index contributed by atoms with van der Waals surface area (Å²) in [6, 6.07) is 18.3. The second kappa shape index (κ2) is 6.91. The standard InChI is InChI=1S/C20H25N/c1-2-14-21-20(17-9-4-3-5-10-17)19-13-12-16-8-6-7-11-18(16)15-19/h3-5,9-10,12-13,15,20-21H,2,6-8,11,14H2,1H3. The van der Waals surface area contributed by atoms with E-state index in [-0.39, 0.29) is 0 Å². The fourth-order valence-corrected chi connectivity index (χ4v) is 3.30. The predicted octanol–water partition coefficient (Wildman–Crippen LogP) is 4.65. The van der Waals surface area contributed by atoms with Crippen molar-refractivity contribution in [1.29, 1.82) is 0 Å². The SMILES string of the molecule is CCCNC(c1ccccc1)c1ccc2c(c1)CCCC2. The number of benzene rings is 2. The molecule has 0 spiro atoms. The van der Waals surface area contributed by atoms with E-state index in [0.717, 1.165) is 13.0 Å². The Bertz CT molecular complexity index is 574. The predicted molar refractivity (Wildman–Crippen MR) is 89.7 cm³/mol. The van der Waals surface area contributed by atoms with Crippen molar-refractivity contribution in [3.63, 3.8) is 0 Å². The maximum atomic E-state index is 3.71. The molecule has 1 heteroatoms. The lowest BCUT2D eigenvalue weighted by atomic mass is 9.88. The van der Waals surface area contributed by atoms with Gasteiger partial charge in [0.1, 0.15) is 0 Å². The molecule has 1 nitrogen and oxygen atoms in total. The fraction of sp³-hybridized carbons (Fsp3) is 0.400. The maximum Gasteiger partial charge on any atom is 0.0576 e. The topological polar surface area (TPSA) is 12.0 Å². The van der Waals surface area contributed by atoms with Gasteiger partial charge in [0.05, 0.1) is 6.04 Å². The van der Waals surface area contributed by atoms with E-state index in [1.54, 1.807) is 11.1 Å². The first-order valence-electron chi connectivity index (χ1n) is 8.28. The summed E-state index contributed by atoms with van der Waals surface area (Å²) >= 11 is 0. The molecule has 1 atom stereocenters. The molecule has 0 radical (unpaired) electrons. The molecule has 3 rings (SSSR count). The Kier molecular flexibility index (Phi) is 4.72. The van der Waals surface area contributed by atoms with Crippen molar-refractivity contribution < 1.29 is 0 Å². The van der Waals surface area contributed by atoms with Gasteiger partial charge in [0.15, 0.2) is 0 Å². The summed E-state index contributed by atoms with van der Waals surface area (Å²) < 4.78 is 0. The molecule has 0 aliphatic heterocycles. The molecule has 1 N–H and O–H groups in total. The van der Waals surface area contributed by atoms with Crippen molar-refractivity contribution >= 4 is 0 Å². The van der Waals surface area contributed by atoms with Crippen LogP contribution in [0.5, 0.6) is 0 Å². The minimum Gasteiger partial charge on any atom is -0.306 e. The molecule has 1 aliphatic rings. The zero-order valence-electron chi connectivity index (χ0n) is 12.9. The van der Waals surface area contributed by atoms with Gasteiger partial charge in [-0.05, 0) is 60.9 Å². The van der Waals surface area contributed by atoms with Gasteiger partial charge in [-0.2, -0.15) is 0 Å². The second-order valence-corrected chi connectivity index (χ2v) is 6.03. The molecule has 110 valence electrons. The normalized spacial score (nSPS) is 15.5. The van der Waals surface area contributed by atoms with Crippen molar-refractivity contribution in [2.75, 3.05) is 6.54 Å². The highest BCUT2D eigenvalue weighted by atomic mass is 14.9. The molecule has 21 heavy (non-hydrogen) atoms. The Labute approximate surface area is 128 Å². The first-order valence-corrected chi connectivity index (χ1v) is 8.28. The Balaban J connectivity index is 1.92. The first kappa shape index (κ1) is 14.3. The molecule has 0 heterocycles. The van der Waals surface area contributed by atoms with Gasteiger partial charge in [0.2, 0.25) is 0 Å². The van der Waals surface area contributed by atoms with Gasteiger partial charge in [-0.1, -0.05) is 55.5 Å². The van der Waals surface area contributed by atoms with Crippen molar-refractivity contribution in [3.05, 3.63) is 70.8 Å². The summed E-state index contributed by atoms with van der Waals surface area (Å²) in [4.78, 5) is 0. The molecule has 2 aromatic carbocycles. The smallest absolute Gasteiger partial charge is 0.0576 e. The van der Waals surface area contributed by atoms with Gasteiger partial charge in [-0.25, -0.2) is 0 Å². The van der Waals surface area contributed by atoms with E-state index in [1.165, 1.54) is 36.8 Å². The zero-order valence-corrected chi connectivity index (χ0v) is 12.9. The maximum absolute atomic E-state index is 3.71. The van der Waals surface area contributed by atoms with Gasteiger partial charge in [0, 0.05) is 0 Å². The van der Waals surface area contributed by atoms with Gasteiger partial charge >= 0.3 is 0 Å². The molecular weight excluding hydrogens is 254 g/mol. The largest absolute Gasteiger partial charge is 0.306 e. The van der Waals surface area contributed by atoms with Crippen LogP contribution in [0.3, 0.4) is 0 Å². The van der Waals surface area contributed by atoms with Crippen LogP contribution in [0.15, 0.2) is 48.5 Å². The van der Waals surface area contributed by atoms with Crippen LogP contribution < -0.4 is 5.32 Å². The monoisotopic (exact) mass is 279 g/mol. The molecule has 1 aliphatic carbocycles. The quantitative estimate of drug-likeness (QED) is 0.839. The molecule has 0 aromatic heterocycles. The van der Waals surface area contributed by atoms with E-state index in [2.05, 4.69) is 60.8 Å². The second-order valence-electron chi connectivity index (χ2n) is 6.03. The fourth-order valence-electron chi connectivity index (χ4n) is 3.30. The average molecular weight is 279 g/mol.